The second kappa shape index (κ2) is 11.3. The molecule has 0 aliphatic carbocycles. The van der Waals surface area contributed by atoms with Crippen LogP contribution in [0.15, 0.2) is 29.3 Å². The van der Waals surface area contributed by atoms with Crippen molar-refractivity contribution in [2.45, 2.75) is 20.3 Å². The van der Waals surface area contributed by atoms with E-state index >= 15 is 0 Å². The Morgan fingerprint density at radius 2 is 2.08 bits per heavy atom. The molecule has 0 bridgehead atoms. The van der Waals surface area contributed by atoms with Gasteiger partial charge in [-0.1, -0.05) is 19.9 Å². The van der Waals surface area contributed by atoms with Gasteiger partial charge in [0, 0.05) is 12.6 Å². The average Bonchev–Trinajstić information content (AvgIpc) is 2.42. The first-order valence-corrected chi connectivity index (χ1v) is 9.40. The number of anilines is 1. The summed E-state index contributed by atoms with van der Waals surface area (Å²) >= 11 is 0. The van der Waals surface area contributed by atoms with Gasteiger partial charge in [0.1, 0.15) is 12.4 Å². The lowest BCUT2D eigenvalue weighted by atomic mass is 10.1. The normalized spacial score (nSPS) is 11.8. The Balaban J connectivity index is 0.00000529. The van der Waals surface area contributed by atoms with Crippen LogP contribution in [0.1, 0.15) is 20.3 Å². The highest BCUT2D eigenvalue weighted by atomic mass is 127. The van der Waals surface area contributed by atoms with E-state index in [2.05, 4.69) is 28.9 Å². The maximum absolute atomic E-state index is 11.2. The van der Waals surface area contributed by atoms with Crippen LogP contribution in [0.2, 0.25) is 0 Å². The van der Waals surface area contributed by atoms with Crippen molar-refractivity contribution in [3.05, 3.63) is 24.3 Å². The monoisotopic (exact) mass is 470 g/mol. The van der Waals surface area contributed by atoms with Crippen LogP contribution in [0.25, 0.3) is 0 Å². The predicted octanol–water partition coefficient (Wildman–Crippen LogP) is 2.01. The summed E-state index contributed by atoms with van der Waals surface area (Å²) in [4.78, 5) is 4.21. The van der Waals surface area contributed by atoms with E-state index in [9.17, 15) is 8.42 Å². The molecule has 7 nitrogen and oxygen atoms in total. The lowest BCUT2D eigenvalue weighted by molar-refractivity contribution is 0.322. The zero-order valence-electron chi connectivity index (χ0n) is 14.3. The van der Waals surface area contributed by atoms with Gasteiger partial charge in [-0.25, -0.2) is 8.42 Å². The number of hydrogen-bond donors (Lipinski definition) is 3. The number of nitrogens with zero attached hydrogens (tertiary/aromatic N) is 1. The van der Waals surface area contributed by atoms with Crippen LogP contribution in [-0.4, -0.2) is 40.3 Å². The first kappa shape index (κ1) is 22.8. The van der Waals surface area contributed by atoms with Crippen LogP contribution in [0.5, 0.6) is 5.75 Å². The predicted molar refractivity (Wildman–Crippen MR) is 110 cm³/mol. The molecule has 0 spiro atoms. The largest absolute Gasteiger partial charge is 0.492 e. The number of guanidine groups is 1. The molecule has 0 saturated carbocycles. The molecular weight excluding hydrogens is 443 g/mol. The molecule has 0 aromatic heterocycles. The molecule has 138 valence electrons. The minimum absolute atomic E-state index is 0. The van der Waals surface area contributed by atoms with Crippen molar-refractivity contribution in [3.63, 3.8) is 0 Å². The summed E-state index contributed by atoms with van der Waals surface area (Å²) in [5.74, 6) is 1.58. The highest BCUT2D eigenvalue weighted by molar-refractivity contribution is 14.0. The van der Waals surface area contributed by atoms with Gasteiger partial charge in [-0.3, -0.25) is 9.71 Å². The number of halogens is 1. The van der Waals surface area contributed by atoms with Crippen molar-refractivity contribution in [3.8, 4) is 5.75 Å². The number of hydrogen-bond acceptors (Lipinski definition) is 4. The number of aliphatic imine (C=N–C) groups is 1. The van der Waals surface area contributed by atoms with Crippen molar-refractivity contribution in [2.75, 3.05) is 30.7 Å². The Morgan fingerprint density at radius 1 is 1.38 bits per heavy atom. The summed E-state index contributed by atoms with van der Waals surface area (Å²) in [6.45, 7) is 5.89. The zero-order chi connectivity index (χ0) is 17.3. The van der Waals surface area contributed by atoms with Crippen LogP contribution in [0.3, 0.4) is 0 Å². The van der Waals surface area contributed by atoms with Crippen LogP contribution >= 0.6 is 24.0 Å². The van der Waals surface area contributed by atoms with Gasteiger partial charge >= 0.3 is 0 Å². The van der Waals surface area contributed by atoms with Gasteiger partial charge in [-0.2, -0.15) is 0 Å². The third kappa shape index (κ3) is 11.3. The molecule has 0 saturated heterocycles. The third-order valence-electron chi connectivity index (χ3n) is 2.80. The molecule has 1 aromatic rings. The first-order chi connectivity index (χ1) is 10.8. The summed E-state index contributed by atoms with van der Waals surface area (Å²) in [6.07, 6.45) is 2.10. The molecule has 0 heterocycles. The minimum Gasteiger partial charge on any atom is -0.492 e. The lowest BCUT2D eigenvalue weighted by Gasteiger charge is -2.10. The Hall–Kier alpha value is -1.23. The Bertz CT molecular complexity index is 621. The lowest BCUT2D eigenvalue weighted by Crippen LogP contribution is -2.34. The van der Waals surface area contributed by atoms with Gasteiger partial charge < -0.3 is 15.8 Å². The Kier molecular flexibility index (Phi) is 10.8. The van der Waals surface area contributed by atoms with E-state index in [-0.39, 0.29) is 24.0 Å². The maximum atomic E-state index is 11.2. The highest BCUT2D eigenvalue weighted by Crippen LogP contribution is 2.17. The van der Waals surface area contributed by atoms with Crippen LogP contribution < -0.4 is 20.5 Å². The van der Waals surface area contributed by atoms with E-state index in [1.807, 2.05) is 0 Å². The van der Waals surface area contributed by atoms with E-state index in [1.54, 1.807) is 24.3 Å². The standard InChI is InChI=1S/C15H26N4O3S.HI/c1-12(2)7-8-17-15(16)18-9-10-22-14-6-4-5-13(11-14)19-23(3,20)21;/h4-6,11-12,19H,7-10H2,1-3H3,(H3,16,17,18);1H. The number of ether oxygens (including phenoxy) is 1. The van der Waals surface area contributed by atoms with Crippen molar-refractivity contribution >= 4 is 45.6 Å². The summed E-state index contributed by atoms with van der Waals surface area (Å²) in [6, 6.07) is 6.76. The van der Waals surface area contributed by atoms with E-state index < -0.39 is 10.0 Å². The topological polar surface area (TPSA) is 106 Å². The molecule has 24 heavy (non-hydrogen) atoms. The van der Waals surface area contributed by atoms with Crippen molar-refractivity contribution < 1.29 is 13.2 Å². The molecule has 0 aliphatic heterocycles. The molecule has 0 radical (unpaired) electrons. The molecule has 0 amide bonds. The van der Waals surface area contributed by atoms with Crippen molar-refractivity contribution in [2.24, 2.45) is 16.6 Å². The fourth-order valence-corrected chi connectivity index (χ4v) is 2.27. The number of nitrogens with one attached hydrogen (secondary N) is 2. The maximum Gasteiger partial charge on any atom is 0.229 e. The Labute approximate surface area is 161 Å². The van der Waals surface area contributed by atoms with E-state index in [4.69, 9.17) is 10.5 Å². The smallest absolute Gasteiger partial charge is 0.229 e. The van der Waals surface area contributed by atoms with E-state index in [1.165, 1.54) is 0 Å². The van der Waals surface area contributed by atoms with Gasteiger partial charge in [0.25, 0.3) is 0 Å². The van der Waals surface area contributed by atoms with Crippen molar-refractivity contribution in [1.82, 2.24) is 5.32 Å². The molecule has 1 rings (SSSR count). The Morgan fingerprint density at radius 3 is 2.71 bits per heavy atom. The van der Waals surface area contributed by atoms with Crippen LogP contribution in [0.4, 0.5) is 5.69 Å². The zero-order valence-corrected chi connectivity index (χ0v) is 17.4. The van der Waals surface area contributed by atoms with Gasteiger partial charge in [0.05, 0.1) is 18.5 Å². The quantitative estimate of drug-likeness (QED) is 0.222. The number of sulfonamides is 1. The van der Waals surface area contributed by atoms with Gasteiger partial charge in [-0.05, 0) is 24.5 Å². The molecular formula is C15H27IN4O3S. The van der Waals surface area contributed by atoms with E-state index in [0.29, 0.717) is 43.0 Å². The molecule has 0 aliphatic rings. The molecule has 4 N–H and O–H groups in total. The van der Waals surface area contributed by atoms with Gasteiger partial charge in [-0.15, -0.1) is 24.0 Å². The molecule has 0 atom stereocenters. The van der Waals surface area contributed by atoms with E-state index in [0.717, 1.165) is 12.7 Å². The molecule has 1 aromatic carbocycles. The summed E-state index contributed by atoms with van der Waals surface area (Å²) in [7, 11) is -3.30. The number of benzene rings is 1. The minimum atomic E-state index is -3.30. The molecule has 0 unspecified atom stereocenters. The summed E-state index contributed by atoms with van der Waals surface area (Å²) in [5, 5.41) is 2.97. The average molecular weight is 470 g/mol. The summed E-state index contributed by atoms with van der Waals surface area (Å²) in [5.41, 5.74) is 6.21. The fraction of sp³-hybridized carbons (Fsp3) is 0.533. The first-order valence-electron chi connectivity index (χ1n) is 7.50. The summed E-state index contributed by atoms with van der Waals surface area (Å²) < 4.78 is 30.3. The SMILES string of the molecule is CC(C)CCN=C(N)NCCOc1cccc(NS(C)(=O)=O)c1.I. The van der Waals surface area contributed by atoms with Crippen LogP contribution in [0, 0.1) is 5.92 Å². The number of nitrogens with two attached hydrogens (primary N) is 1. The van der Waals surface area contributed by atoms with Gasteiger partial charge in [0.15, 0.2) is 5.96 Å². The highest BCUT2D eigenvalue weighted by Gasteiger charge is 2.03. The number of rotatable bonds is 9. The second-order valence-corrected chi connectivity index (χ2v) is 7.38. The van der Waals surface area contributed by atoms with Gasteiger partial charge in [0.2, 0.25) is 10.0 Å². The molecule has 0 fully saturated rings. The second-order valence-electron chi connectivity index (χ2n) is 5.63. The van der Waals surface area contributed by atoms with Crippen molar-refractivity contribution in [1.29, 1.82) is 0 Å². The van der Waals surface area contributed by atoms with Crippen LogP contribution in [-0.2, 0) is 10.0 Å². The third-order valence-corrected chi connectivity index (χ3v) is 3.41. The molecule has 9 heteroatoms. The fourth-order valence-electron chi connectivity index (χ4n) is 1.71.